The Morgan fingerprint density at radius 3 is 2.26 bits per heavy atom. The van der Waals surface area contributed by atoms with Gasteiger partial charge in [0.05, 0.1) is 14.2 Å². The van der Waals surface area contributed by atoms with Crippen molar-refractivity contribution in [2.75, 3.05) is 19.5 Å². The molecule has 1 heterocycles. The second-order valence-corrected chi connectivity index (χ2v) is 6.75. The topological polar surface area (TPSA) is 43.2 Å². The monoisotopic (exact) mass is 380 g/mol. The molecule has 0 bridgehead atoms. The lowest BCUT2D eigenvalue weighted by Crippen LogP contribution is -2.38. The Hall–Kier alpha value is -1.36. The average molecular weight is 381 g/mol. The molecule has 0 aromatic heterocycles. The standard InChI is InChI=1S/C18H25BrN2O2/c1-12(2)16-18(23-4)20-15(17(21-16)22-3)11-14-8-6-5-7-13(14)9-10-19/h5-8,12,15-16H,9-11H2,1-4H3/t15-,16+/m0/s1. The van der Waals surface area contributed by atoms with Crippen LogP contribution in [-0.4, -0.2) is 43.4 Å². The highest BCUT2D eigenvalue weighted by Gasteiger charge is 2.31. The number of alkyl halides is 1. The molecule has 126 valence electrons. The van der Waals surface area contributed by atoms with Crippen LogP contribution < -0.4 is 0 Å². The maximum absolute atomic E-state index is 5.53. The van der Waals surface area contributed by atoms with Crippen LogP contribution in [0.25, 0.3) is 0 Å². The van der Waals surface area contributed by atoms with Gasteiger partial charge in [0.15, 0.2) is 0 Å². The van der Waals surface area contributed by atoms with E-state index in [0.29, 0.717) is 17.7 Å². The van der Waals surface area contributed by atoms with Crippen molar-refractivity contribution in [2.45, 2.75) is 38.8 Å². The molecule has 1 aliphatic heterocycles. The van der Waals surface area contributed by atoms with E-state index in [9.17, 15) is 0 Å². The zero-order chi connectivity index (χ0) is 16.8. The second-order valence-electron chi connectivity index (χ2n) is 5.96. The van der Waals surface area contributed by atoms with Gasteiger partial charge in [-0.3, -0.25) is 0 Å². The van der Waals surface area contributed by atoms with E-state index >= 15 is 0 Å². The van der Waals surface area contributed by atoms with Gasteiger partial charge in [-0.1, -0.05) is 54.0 Å². The van der Waals surface area contributed by atoms with Crippen LogP contribution in [0, 0.1) is 5.92 Å². The van der Waals surface area contributed by atoms with E-state index in [0.717, 1.165) is 18.2 Å². The van der Waals surface area contributed by atoms with Gasteiger partial charge in [0.1, 0.15) is 12.1 Å². The van der Waals surface area contributed by atoms with Crippen LogP contribution in [-0.2, 0) is 22.3 Å². The lowest BCUT2D eigenvalue weighted by Gasteiger charge is -2.27. The van der Waals surface area contributed by atoms with E-state index in [1.807, 2.05) is 0 Å². The lowest BCUT2D eigenvalue weighted by atomic mass is 9.97. The van der Waals surface area contributed by atoms with E-state index in [1.54, 1.807) is 14.2 Å². The molecule has 0 aliphatic carbocycles. The molecule has 0 saturated carbocycles. The summed E-state index contributed by atoms with van der Waals surface area (Å²) in [6.45, 7) is 4.23. The van der Waals surface area contributed by atoms with Gasteiger partial charge in [0.2, 0.25) is 11.8 Å². The van der Waals surface area contributed by atoms with Gasteiger partial charge in [0.25, 0.3) is 0 Å². The molecule has 1 aromatic carbocycles. The van der Waals surface area contributed by atoms with E-state index in [2.05, 4.69) is 54.0 Å². The van der Waals surface area contributed by atoms with Gasteiger partial charge in [-0.2, -0.15) is 0 Å². The number of methoxy groups -OCH3 is 2. The molecular weight excluding hydrogens is 356 g/mol. The zero-order valence-corrected chi connectivity index (χ0v) is 15.8. The van der Waals surface area contributed by atoms with Gasteiger partial charge >= 0.3 is 0 Å². The third-order valence-electron chi connectivity index (χ3n) is 4.03. The molecule has 0 saturated heterocycles. The maximum Gasteiger partial charge on any atom is 0.209 e. The number of aliphatic imine (C=N–C) groups is 2. The maximum atomic E-state index is 5.53. The van der Waals surface area contributed by atoms with Crippen molar-refractivity contribution in [3.8, 4) is 0 Å². The minimum atomic E-state index is -0.124. The van der Waals surface area contributed by atoms with E-state index < -0.39 is 0 Å². The molecule has 2 atom stereocenters. The van der Waals surface area contributed by atoms with Gasteiger partial charge in [-0.05, 0) is 23.5 Å². The Morgan fingerprint density at radius 2 is 1.70 bits per heavy atom. The number of rotatable bonds is 5. The Labute approximate surface area is 147 Å². The third kappa shape index (κ3) is 4.34. The lowest BCUT2D eigenvalue weighted by molar-refractivity contribution is 0.332. The molecule has 5 heteroatoms. The van der Waals surface area contributed by atoms with Gasteiger partial charge < -0.3 is 9.47 Å². The van der Waals surface area contributed by atoms with Crippen LogP contribution in [0.4, 0.5) is 0 Å². The summed E-state index contributed by atoms with van der Waals surface area (Å²) in [7, 11) is 3.33. The summed E-state index contributed by atoms with van der Waals surface area (Å²) in [6.07, 6.45) is 1.77. The van der Waals surface area contributed by atoms with Crippen molar-refractivity contribution in [1.82, 2.24) is 0 Å². The zero-order valence-electron chi connectivity index (χ0n) is 14.3. The minimum Gasteiger partial charge on any atom is -0.483 e. The van der Waals surface area contributed by atoms with E-state index in [4.69, 9.17) is 19.5 Å². The Bertz CT molecular complexity index is 584. The third-order valence-corrected chi connectivity index (χ3v) is 4.43. The summed E-state index contributed by atoms with van der Waals surface area (Å²) in [6, 6.07) is 8.28. The molecule has 0 N–H and O–H groups in total. The number of ether oxygens (including phenoxy) is 2. The highest BCUT2D eigenvalue weighted by molar-refractivity contribution is 9.09. The van der Waals surface area contributed by atoms with Crippen molar-refractivity contribution in [3.63, 3.8) is 0 Å². The van der Waals surface area contributed by atoms with Crippen molar-refractivity contribution < 1.29 is 9.47 Å². The number of halogens is 1. The molecule has 1 aromatic rings. The first-order chi connectivity index (χ1) is 11.1. The molecule has 0 unspecified atom stereocenters. The first-order valence-electron chi connectivity index (χ1n) is 7.96. The molecule has 0 amide bonds. The molecule has 2 rings (SSSR count). The van der Waals surface area contributed by atoms with Gasteiger partial charge in [-0.25, -0.2) is 9.98 Å². The second kappa shape index (κ2) is 8.48. The molecule has 23 heavy (non-hydrogen) atoms. The van der Waals surface area contributed by atoms with Crippen LogP contribution in [0.2, 0.25) is 0 Å². The highest BCUT2D eigenvalue weighted by Crippen LogP contribution is 2.21. The van der Waals surface area contributed by atoms with Crippen molar-refractivity contribution in [1.29, 1.82) is 0 Å². The predicted octanol–water partition coefficient (Wildman–Crippen LogP) is 3.66. The number of hydrogen-bond acceptors (Lipinski definition) is 4. The first kappa shape index (κ1) is 18.0. The van der Waals surface area contributed by atoms with Crippen molar-refractivity contribution in [2.24, 2.45) is 15.9 Å². The number of benzene rings is 1. The summed E-state index contributed by atoms with van der Waals surface area (Å²) in [5.74, 6) is 1.71. The molecule has 0 fully saturated rings. The van der Waals surface area contributed by atoms with Crippen LogP contribution in [0.15, 0.2) is 34.3 Å². The molecular formula is C18H25BrN2O2. The fourth-order valence-electron chi connectivity index (χ4n) is 2.80. The van der Waals surface area contributed by atoms with Crippen molar-refractivity contribution >= 4 is 27.7 Å². The van der Waals surface area contributed by atoms with Crippen LogP contribution in [0.3, 0.4) is 0 Å². The first-order valence-corrected chi connectivity index (χ1v) is 9.09. The smallest absolute Gasteiger partial charge is 0.209 e. The summed E-state index contributed by atoms with van der Waals surface area (Å²) in [5.41, 5.74) is 2.61. The van der Waals surface area contributed by atoms with Crippen LogP contribution in [0.5, 0.6) is 0 Å². The predicted molar refractivity (Wildman–Crippen MR) is 98.9 cm³/mol. The van der Waals surface area contributed by atoms with Crippen LogP contribution in [0.1, 0.15) is 25.0 Å². The Balaban J connectivity index is 2.28. The summed E-state index contributed by atoms with van der Waals surface area (Å²) < 4.78 is 11.0. The number of aryl methyl sites for hydroxylation is 1. The number of nitrogens with zero attached hydrogens (tertiary/aromatic N) is 2. The molecule has 0 radical (unpaired) electrons. The largest absolute Gasteiger partial charge is 0.483 e. The molecule has 1 aliphatic rings. The van der Waals surface area contributed by atoms with E-state index in [1.165, 1.54) is 11.1 Å². The summed E-state index contributed by atoms with van der Waals surface area (Å²) in [5, 5.41) is 0.946. The Kier molecular flexibility index (Phi) is 6.63. The SMILES string of the molecule is COC1=N[C@H](C(C)C)C(OC)=N[C@H]1Cc1ccccc1CCBr. The van der Waals surface area contributed by atoms with Crippen molar-refractivity contribution in [3.05, 3.63) is 35.4 Å². The van der Waals surface area contributed by atoms with Crippen LogP contribution >= 0.6 is 15.9 Å². The fourth-order valence-corrected chi connectivity index (χ4v) is 3.23. The summed E-state index contributed by atoms with van der Waals surface area (Å²) in [4.78, 5) is 9.51. The highest BCUT2D eigenvalue weighted by atomic mass is 79.9. The Morgan fingerprint density at radius 1 is 1.04 bits per heavy atom. The van der Waals surface area contributed by atoms with Gasteiger partial charge in [0, 0.05) is 11.8 Å². The summed E-state index contributed by atoms with van der Waals surface area (Å²) >= 11 is 3.52. The average Bonchev–Trinajstić information content (AvgIpc) is 2.56. The fraction of sp³-hybridized carbons (Fsp3) is 0.556. The van der Waals surface area contributed by atoms with E-state index in [-0.39, 0.29) is 12.1 Å². The van der Waals surface area contributed by atoms with Gasteiger partial charge in [-0.15, -0.1) is 0 Å². The normalized spacial score (nSPS) is 21.0. The number of hydrogen-bond donors (Lipinski definition) is 0. The minimum absolute atomic E-state index is 0.0658. The molecule has 0 spiro atoms. The quantitative estimate of drug-likeness (QED) is 0.731. The molecule has 4 nitrogen and oxygen atoms in total.